The Morgan fingerprint density at radius 2 is 2.10 bits per heavy atom. The highest BCUT2D eigenvalue weighted by Crippen LogP contribution is 2.29. The zero-order chi connectivity index (χ0) is 14.3. The van der Waals surface area contributed by atoms with Gasteiger partial charge in [0.2, 0.25) is 5.95 Å². The highest BCUT2D eigenvalue weighted by Gasteiger charge is 2.15. The van der Waals surface area contributed by atoms with Crippen LogP contribution in [0.3, 0.4) is 0 Å². The highest BCUT2D eigenvalue weighted by molar-refractivity contribution is 6.35. The average molecular weight is 287 g/mol. The van der Waals surface area contributed by atoms with Gasteiger partial charge in [0.25, 0.3) is 0 Å². The van der Waals surface area contributed by atoms with Crippen molar-refractivity contribution in [3.63, 3.8) is 0 Å². The van der Waals surface area contributed by atoms with E-state index in [4.69, 9.17) is 22.6 Å². The number of benzene rings is 2. The number of rotatable bonds is 1. The van der Waals surface area contributed by atoms with Crippen LogP contribution < -0.4 is 5.73 Å². The molecule has 0 aliphatic carbocycles. The van der Waals surface area contributed by atoms with Gasteiger partial charge in [-0.15, -0.1) is 0 Å². The Morgan fingerprint density at radius 1 is 1.30 bits per heavy atom. The van der Waals surface area contributed by atoms with Gasteiger partial charge < -0.3 is 5.73 Å². The Balaban J connectivity index is 2.33. The van der Waals surface area contributed by atoms with Crippen LogP contribution in [-0.2, 0) is 0 Å². The molecule has 1 aromatic heterocycles. The zero-order valence-corrected chi connectivity index (χ0v) is 10.9. The molecule has 0 saturated carbocycles. The minimum atomic E-state index is -0.546. The van der Waals surface area contributed by atoms with E-state index in [9.17, 15) is 4.39 Å². The molecule has 2 N–H and O–H groups in total. The molecule has 20 heavy (non-hydrogen) atoms. The monoisotopic (exact) mass is 286 g/mol. The second-order valence-corrected chi connectivity index (χ2v) is 4.60. The van der Waals surface area contributed by atoms with Crippen molar-refractivity contribution in [3.05, 3.63) is 52.8 Å². The minimum absolute atomic E-state index is 0.136. The third kappa shape index (κ3) is 1.78. The molecular formula is C14H8ClFN4. The third-order valence-electron chi connectivity index (χ3n) is 2.98. The first-order chi connectivity index (χ1) is 9.61. The molecule has 0 radical (unpaired) electrons. The van der Waals surface area contributed by atoms with Crippen LogP contribution in [0.15, 0.2) is 36.4 Å². The van der Waals surface area contributed by atoms with E-state index in [0.717, 1.165) is 6.07 Å². The summed E-state index contributed by atoms with van der Waals surface area (Å²) in [7, 11) is 0. The predicted octanol–water partition coefficient (Wildman–Crippen LogP) is 3.27. The SMILES string of the molecule is N#Cc1ccc(-n2c(N)nc3c(Cl)cccc32)c(F)c1. The number of hydrogen-bond acceptors (Lipinski definition) is 3. The van der Waals surface area contributed by atoms with E-state index in [1.165, 1.54) is 16.7 Å². The second kappa shape index (κ2) is 4.51. The molecule has 0 unspecified atom stereocenters. The van der Waals surface area contributed by atoms with Gasteiger partial charge in [-0.2, -0.15) is 5.26 Å². The number of anilines is 1. The van der Waals surface area contributed by atoms with Gasteiger partial charge >= 0.3 is 0 Å². The van der Waals surface area contributed by atoms with Crippen molar-refractivity contribution in [2.45, 2.75) is 0 Å². The van der Waals surface area contributed by atoms with E-state index in [2.05, 4.69) is 4.98 Å². The van der Waals surface area contributed by atoms with Crippen molar-refractivity contribution >= 4 is 28.6 Å². The van der Waals surface area contributed by atoms with E-state index in [0.29, 0.717) is 16.1 Å². The normalized spacial score (nSPS) is 10.7. The molecule has 0 aliphatic heterocycles. The van der Waals surface area contributed by atoms with Gasteiger partial charge in [0.1, 0.15) is 11.3 Å². The number of nitriles is 1. The molecule has 0 fully saturated rings. The molecule has 0 saturated heterocycles. The summed E-state index contributed by atoms with van der Waals surface area (Å²) >= 11 is 6.05. The number of hydrogen-bond donors (Lipinski definition) is 1. The van der Waals surface area contributed by atoms with Crippen molar-refractivity contribution in [1.29, 1.82) is 5.26 Å². The van der Waals surface area contributed by atoms with Crippen molar-refractivity contribution in [1.82, 2.24) is 9.55 Å². The lowest BCUT2D eigenvalue weighted by molar-refractivity contribution is 0.619. The first-order valence-corrected chi connectivity index (χ1v) is 6.12. The van der Waals surface area contributed by atoms with Crippen LogP contribution in [0.25, 0.3) is 16.7 Å². The van der Waals surface area contributed by atoms with Crippen molar-refractivity contribution in [2.75, 3.05) is 5.73 Å². The third-order valence-corrected chi connectivity index (χ3v) is 3.28. The lowest BCUT2D eigenvalue weighted by Crippen LogP contribution is -2.03. The molecule has 2 aromatic carbocycles. The summed E-state index contributed by atoms with van der Waals surface area (Å²) in [4.78, 5) is 4.15. The summed E-state index contributed by atoms with van der Waals surface area (Å²) in [6.45, 7) is 0. The van der Waals surface area contributed by atoms with Crippen molar-refractivity contribution in [3.8, 4) is 11.8 Å². The maximum absolute atomic E-state index is 14.1. The quantitative estimate of drug-likeness (QED) is 0.746. The number of fused-ring (bicyclic) bond motifs is 1. The number of imidazole rings is 1. The van der Waals surface area contributed by atoms with Gasteiger partial charge in [0.15, 0.2) is 0 Å². The van der Waals surface area contributed by atoms with E-state index in [1.807, 2.05) is 6.07 Å². The minimum Gasteiger partial charge on any atom is -0.369 e. The zero-order valence-electron chi connectivity index (χ0n) is 10.1. The molecule has 3 rings (SSSR count). The van der Waals surface area contributed by atoms with Crippen LogP contribution >= 0.6 is 11.6 Å². The topological polar surface area (TPSA) is 67.6 Å². The number of halogens is 2. The van der Waals surface area contributed by atoms with E-state index in [-0.39, 0.29) is 17.2 Å². The number of para-hydroxylation sites is 1. The maximum Gasteiger partial charge on any atom is 0.206 e. The number of nitrogens with zero attached hydrogens (tertiary/aromatic N) is 3. The molecule has 0 aliphatic rings. The maximum atomic E-state index is 14.1. The van der Waals surface area contributed by atoms with Gasteiger partial charge in [0, 0.05) is 0 Å². The summed E-state index contributed by atoms with van der Waals surface area (Å²) < 4.78 is 15.6. The number of nitrogens with two attached hydrogens (primary N) is 1. The highest BCUT2D eigenvalue weighted by atomic mass is 35.5. The Morgan fingerprint density at radius 3 is 2.80 bits per heavy atom. The van der Waals surface area contributed by atoms with Crippen LogP contribution in [0.2, 0.25) is 5.02 Å². The molecule has 4 nitrogen and oxygen atoms in total. The number of nitrogen functional groups attached to an aromatic ring is 1. The van der Waals surface area contributed by atoms with Crippen molar-refractivity contribution in [2.24, 2.45) is 0 Å². The summed E-state index contributed by atoms with van der Waals surface area (Å²) in [5.74, 6) is -0.410. The van der Waals surface area contributed by atoms with Crippen LogP contribution in [0.5, 0.6) is 0 Å². The predicted molar refractivity (Wildman–Crippen MR) is 75.2 cm³/mol. The summed E-state index contributed by atoms with van der Waals surface area (Å²) in [5.41, 5.74) is 7.45. The molecular weight excluding hydrogens is 279 g/mol. The molecule has 0 bridgehead atoms. The van der Waals surface area contributed by atoms with Gasteiger partial charge in [-0.3, -0.25) is 4.57 Å². The average Bonchev–Trinajstić information content (AvgIpc) is 2.77. The van der Waals surface area contributed by atoms with E-state index >= 15 is 0 Å². The standard InChI is InChI=1S/C14H8ClFN4/c15-9-2-1-3-12-13(9)19-14(18)20(12)11-5-4-8(7-17)6-10(11)16/h1-6H,(H2,18,19). The Kier molecular flexibility index (Phi) is 2.81. The molecule has 3 aromatic rings. The largest absolute Gasteiger partial charge is 0.369 e. The molecule has 98 valence electrons. The summed E-state index contributed by atoms with van der Waals surface area (Å²) in [6.07, 6.45) is 0. The second-order valence-electron chi connectivity index (χ2n) is 4.19. The molecule has 0 atom stereocenters. The van der Waals surface area contributed by atoms with Crippen molar-refractivity contribution < 1.29 is 4.39 Å². The van der Waals surface area contributed by atoms with Crippen LogP contribution in [-0.4, -0.2) is 9.55 Å². The fourth-order valence-corrected chi connectivity index (χ4v) is 2.31. The van der Waals surface area contributed by atoms with E-state index < -0.39 is 5.82 Å². The summed E-state index contributed by atoms with van der Waals surface area (Å²) in [5, 5.41) is 9.21. The summed E-state index contributed by atoms with van der Waals surface area (Å²) in [6, 6.07) is 11.2. The Labute approximate surface area is 118 Å². The van der Waals surface area contributed by atoms with Crippen LogP contribution in [0, 0.1) is 17.1 Å². The first-order valence-electron chi connectivity index (χ1n) is 5.74. The smallest absolute Gasteiger partial charge is 0.206 e. The van der Waals surface area contributed by atoms with Crippen LogP contribution in [0.4, 0.5) is 10.3 Å². The first kappa shape index (κ1) is 12.5. The van der Waals surface area contributed by atoms with Crippen LogP contribution in [0.1, 0.15) is 5.56 Å². The van der Waals surface area contributed by atoms with Gasteiger partial charge in [-0.25, -0.2) is 9.37 Å². The van der Waals surface area contributed by atoms with Gasteiger partial charge in [-0.05, 0) is 30.3 Å². The molecule has 0 spiro atoms. The molecule has 1 heterocycles. The fraction of sp³-hybridized carbons (Fsp3) is 0. The number of aromatic nitrogens is 2. The lowest BCUT2D eigenvalue weighted by atomic mass is 10.2. The molecule has 0 amide bonds. The van der Waals surface area contributed by atoms with E-state index in [1.54, 1.807) is 18.2 Å². The lowest BCUT2D eigenvalue weighted by Gasteiger charge is -2.08. The molecule has 6 heteroatoms. The van der Waals surface area contributed by atoms with Gasteiger partial charge in [-0.1, -0.05) is 17.7 Å². The Bertz CT molecular complexity index is 863. The fourth-order valence-electron chi connectivity index (χ4n) is 2.09. The Hall–Kier alpha value is -2.58. The van der Waals surface area contributed by atoms with Gasteiger partial charge in [0.05, 0.1) is 27.9 Å².